The van der Waals surface area contributed by atoms with Crippen LogP contribution < -0.4 is 10.1 Å². The summed E-state index contributed by atoms with van der Waals surface area (Å²) in [6.07, 6.45) is 1.05. The summed E-state index contributed by atoms with van der Waals surface area (Å²) in [5, 5.41) is 2.95. The van der Waals surface area contributed by atoms with Gasteiger partial charge in [-0.05, 0) is 30.7 Å². The molecule has 0 unspecified atom stereocenters. The molecule has 0 bridgehead atoms. The lowest BCUT2D eigenvalue weighted by Crippen LogP contribution is -2.24. The summed E-state index contributed by atoms with van der Waals surface area (Å²) < 4.78 is 5.58. The lowest BCUT2D eigenvalue weighted by atomic mass is 10.3. The molecule has 1 amide bonds. The average Bonchev–Trinajstić information content (AvgIpc) is 3.02. The number of ether oxygens (including phenoxy) is 1. The van der Waals surface area contributed by atoms with Crippen LogP contribution in [0.2, 0.25) is 0 Å². The number of para-hydroxylation sites is 1. The Labute approximate surface area is 140 Å². The third kappa shape index (κ3) is 6.12. The summed E-state index contributed by atoms with van der Waals surface area (Å²) >= 11 is 3.35. The van der Waals surface area contributed by atoms with Crippen LogP contribution in [0.5, 0.6) is 5.75 Å². The molecule has 0 aliphatic carbocycles. The topological polar surface area (TPSA) is 38.3 Å². The zero-order valence-corrected chi connectivity index (χ0v) is 14.3. The summed E-state index contributed by atoms with van der Waals surface area (Å²) in [5.74, 6) is 2.24. The van der Waals surface area contributed by atoms with Gasteiger partial charge in [-0.25, -0.2) is 0 Å². The van der Waals surface area contributed by atoms with E-state index in [-0.39, 0.29) is 5.91 Å². The van der Waals surface area contributed by atoms with Crippen LogP contribution in [0.25, 0.3) is 0 Å². The van der Waals surface area contributed by atoms with Gasteiger partial charge in [0.15, 0.2) is 0 Å². The zero-order chi connectivity index (χ0) is 15.6. The highest BCUT2D eigenvalue weighted by atomic mass is 32.2. The molecule has 1 aromatic carbocycles. The van der Waals surface area contributed by atoms with Crippen LogP contribution >= 0.6 is 23.1 Å². The van der Waals surface area contributed by atoms with E-state index in [9.17, 15) is 4.79 Å². The second-order valence-corrected chi connectivity index (χ2v) is 7.07. The second kappa shape index (κ2) is 9.54. The number of rotatable bonds is 9. The van der Waals surface area contributed by atoms with Gasteiger partial charge in [-0.3, -0.25) is 4.79 Å². The molecule has 22 heavy (non-hydrogen) atoms. The largest absolute Gasteiger partial charge is 0.493 e. The Morgan fingerprint density at radius 3 is 2.68 bits per heavy atom. The van der Waals surface area contributed by atoms with Crippen molar-refractivity contribution in [2.24, 2.45) is 0 Å². The third-order valence-electron chi connectivity index (χ3n) is 3.00. The predicted molar refractivity (Wildman–Crippen MR) is 94.8 cm³/mol. The molecule has 0 fully saturated rings. The van der Waals surface area contributed by atoms with Crippen molar-refractivity contribution < 1.29 is 9.53 Å². The van der Waals surface area contributed by atoms with Crippen LogP contribution in [0.15, 0.2) is 42.5 Å². The van der Waals surface area contributed by atoms with E-state index in [4.69, 9.17) is 4.74 Å². The van der Waals surface area contributed by atoms with Gasteiger partial charge in [-0.15, -0.1) is 23.1 Å². The molecule has 1 N–H and O–H groups in total. The Morgan fingerprint density at radius 1 is 1.18 bits per heavy atom. The maximum Gasteiger partial charge on any atom is 0.230 e. The van der Waals surface area contributed by atoms with E-state index in [0.717, 1.165) is 17.9 Å². The summed E-state index contributed by atoms with van der Waals surface area (Å²) in [4.78, 5) is 14.3. The van der Waals surface area contributed by atoms with Gasteiger partial charge in [-0.2, -0.15) is 0 Å². The van der Waals surface area contributed by atoms with Crippen LogP contribution in [0.3, 0.4) is 0 Å². The Bertz CT molecular complexity index is 569. The second-order valence-electron chi connectivity index (χ2n) is 4.71. The Balaban J connectivity index is 1.54. The Kier molecular flexibility index (Phi) is 7.33. The first-order chi connectivity index (χ1) is 10.8. The van der Waals surface area contributed by atoms with Gasteiger partial charge in [0.1, 0.15) is 5.75 Å². The first-order valence-corrected chi connectivity index (χ1v) is 9.35. The SMILES string of the molecule is CCc1ccc(CNC(=O)CSCCOc2ccccc2)s1. The number of thioether (sulfide) groups is 1. The molecule has 0 saturated carbocycles. The van der Waals surface area contributed by atoms with E-state index in [0.29, 0.717) is 18.9 Å². The van der Waals surface area contributed by atoms with Crippen molar-refractivity contribution >= 4 is 29.0 Å². The van der Waals surface area contributed by atoms with E-state index in [1.807, 2.05) is 30.3 Å². The molecule has 0 saturated heterocycles. The van der Waals surface area contributed by atoms with Gasteiger partial charge in [0, 0.05) is 15.5 Å². The molecule has 0 atom stereocenters. The molecule has 3 nitrogen and oxygen atoms in total. The standard InChI is InChI=1S/C17H21NO2S2/c1-2-15-8-9-16(22-15)12-18-17(19)13-21-11-10-20-14-6-4-3-5-7-14/h3-9H,2,10-13H2,1H3,(H,18,19). The molecule has 0 aliphatic heterocycles. The van der Waals surface area contributed by atoms with E-state index < -0.39 is 0 Å². The van der Waals surface area contributed by atoms with E-state index >= 15 is 0 Å². The summed E-state index contributed by atoms with van der Waals surface area (Å²) in [5.41, 5.74) is 0. The van der Waals surface area contributed by atoms with Crippen molar-refractivity contribution in [3.8, 4) is 5.75 Å². The molecule has 0 spiro atoms. The maximum atomic E-state index is 11.8. The monoisotopic (exact) mass is 335 g/mol. The maximum absolute atomic E-state index is 11.8. The van der Waals surface area contributed by atoms with Crippen molar-refractivity contribution in [1.82, 2.24) is 5.32 Å². The number of hydrogen-bond acceptors (Lipinski definition) is 4. The molecule has 5 heteroatoms. The number of benzene rings is 1. The molecular weight excluding hydrogens is 314 g/mol. The van der Waals surface area contributed by atoms with Crippen molar-refractivity contribution in [3.63, 3.8) is 0 Å². The minimum atomic E-state index is 0.0798. The van der Waals surface area contributed by atoms with Crippen LogP contribution in [0, 0.1) is 0 Å². The number of carbonyl (C=O) groups is 1. The van der Waals surface area contributed by atoms with E-state index in [1.165, 1.54) is 9.75 Å². The first kappa shape index (κ1) is 16.9. The molecular formula is C17H21NO2S2. The van der Waals surface area contributed by atoms with Gasteiger partial charge in [0.25, 0.3) is 0 Å². The van der Waals surface area contributed by atoms with Crippen LogP contribution in [-0.4, -0.2) is 24.0 Å². The number of aryl methyl sites for hydroxylation is 1. The van der Waals surface area contributed by atoms with Crippen LogP contribution in [0.4, 0.5) is 0 Å². The molecule has 118 valence electrons. The highest BCUT2D eigenvalue weighted by Gasteiger charge is 2.03. The Morgan fingerprint density at radius 2 is 1.95 bits per heavy atom. The summed E-state index contributed by atoms with van der Waals surface area (Å²) in [6, 6.07) is 13.9. The normalized spacial score (nSPS) is 10.4. The number of carbonyl (C=O) groups excluding carboxylic acids is 1. The average molecular weight is 335 g/mol. The fourth-order valence-electron chi connectivity index (χ4n) is 1.84. The van der Waals surface area contributed by atoms with Gasteiger partial charge in [0.2, 0.25) is 5.91 Å². The molecule has 1 aromatic heterocycles. The lowest BCUT2D eigenvalue weighted by molar-refractivity contribution is -0.118. The molecule has 0 aliphatic rings. The van der Waals surface area contributed by atoms with Gasteiger partial charge >= 0.3 is 0 Å². The minimum absolute atomic E-state index is 0.0798. The highest BCUT2D eigenvalue weighted by molar-refractivity contribution is 7.99. The summed E-state index contributed by atoms with van der Waals surface area (Å²) in [7, 11) is 0. The lowest BCUT2D eigenvalue weighted by Gasteiger charge is -2.06. The fraction of sp³-hybridized carbons (Fsp3) is 0.353. The van der Waals surface area contributed by atoms with E-state index in [2.05, 4.69) is 24.4 Å². The smallest absolute Gasteiger partial charge is 0.230 e. The number of hydrogen-bond donors (Lipinski definition) is 1. The van der Waals surface area contributed by atoms with Crippen LogP contribution in [-0.2, 0) is 17.8 Å². The Hall–Kier alpha value is -1.46. The van der Waals surface area contributed by atoms with Crippen molar-refractivity contribution in [2.45, 2.75) is 19.9 Å². The number of amides is 1. The van der Waals surface area contributed by atoms with Crippen molar-refractivity contribution in [1.29, 1.82) is 0 Å². The predicted octanol–water partition coefficient (Wildman–Crippen LogP) is 3.74. The van der Waals surface area contributed by atoms with Gasteiger partial charge in [0.05, 0.1) is 18.9 Å². The summed E-state index contributed by atoms with van der Waals surface area (Å²) in [6.45, 7) is 3.39. The number of thiophene rings is 1. The highest BCUT2D eigenvalue weighted by Crippen LogP contribution is 2.16. The fourth-order valence-corrected chi connectivity index (χ4v) is 3.37. The zero-order valence-electron chi connectivity index (χ0n) is 12.7. The van der Waals surface area contributed by atoms with Crippen molar-refractivity contribution in [2.75, 3.05) is 18.1 Å². The minimum Gasteiger partial charge on any atom is -0.493 e. The quantitative estimate of drug-likeness (QED) is 0.710. The van der Waals surface area contributed by atoms with Gasteiger partial charge < -0.3 is 10.1 Å². The molecule has 1 heterocycles. The number of nitrogens with one attached hydrogen (secondary N) is 1. The van der Waals surface area contributed by atoms with Crippen molar-refractivity contribution in [3.05, 3.63) is 52.2 Å². The first-order valence-electron chi connectivity index (χ1n) is 7.38. The molecule has 0 radical (unpaired) electrons. The molecule has 2 rings (SSSR count). The van der Waals surface area contributed by atoms with Crippen LogP contribution in [0.1, 0.15) is 16.7 Å². The van der Waals surface area contributed by atoms with E-state index in [1.54, 1.807) is 23.1 Å². The van der Waals surface area contributed by atoms with Gasteiger partial charge in [-0.1, -0.05) is 25.1 Å². The molecule has 2 aromatic rings. The third-order valence-corrected chi connectivity index (χ3v) is 5.15.